The van der Waals surface area contributed by atoms with Crippen molar-refractivity contribution in [2.24, 2.45) is 0 Å². The van der Waals surface area contributed by atoms with Crippen LogP contribution >= 0.6 is 0 Å². The fourth-order valence-electron chi connectivity index (χ4n) is 2.25. The van der Waals surface area contributed by atoms with Gasteiger partial charge in [0.15, 0.2) is 0 Å². The average molecular weight is 271 g/mol. The van der Waals surface area contributed by atoms with Gasteiger partial charge >= 0.3 is 0 Å². The molecular formula is C17H25N3. The lowest BCUT2D eigenvalue weighted by Gasteiger charge is -2.27. The van der Waals surface area contributed by atoms with Gasteiger partial charge in [0, 0.05) is 30.7 Å². The van der Waals surface area contributed by atoms with Gasteiger partial charge in [0.1, 0.15) is 0 Å². The first-order chi connectivity index (χ1) is 9.61. The van der Waals surface area contributed by atoms with Crippen molar-refractivity contribution in [3.63, 3.8) is 0 Å². The number of para-hydroxylation sites is 1. The molecule has 0 aliphatic heterocycles. The minimum absolute atomic E-state index is 0.386. The number of likely N-dealkylation sites (N-methyl/N-ethyl adjacent to an activating group) is 2. The number of benzene rings is 1. The third-order valence-electron chi connectivity index (χ3n) is 4.13. The van der Waals surface area contributed by atoms with Crippen LogP contribution in [0.4, 0.5) is 0 Å². The summed E-state index contributed by atoms with van der Waals surface area (Å²) in [6, 6.07) is 10.9. The maximum absolute atomic E-state index is 4.56. The van der Waals surface area contributed by atoms with E-state index in [1.54, 1.807) is 0 Å². The van der Waals surface area contributed by atoms with Gasteiger partial charge in [-0.05, 0) is 45.3 Å². The fraction of sp³-hybridized carbons (Fsp3) is 0.471. The number of fused-ring (bicyclic) bond motifs is 1. The third kappa shape index (κ3) is 3.56. The molecule has 1 aromatic carbocycles. The van der Waals surface area contributed by atoms with E-state index < -0.39 is 0 Å². The molecule has 1 heterocycles. The number of rotatable bonds is 6. The van der Waals surface area contributed by atoms with Gasteiger partial charge in [0.25, 0.3) is 0 Å². The first-order valence-electron chi connectivity index (χ1n) is 7.35. The zero-order valence-corrected chi connectivity index (χ0v) is 13.0. The van der Waals surface area contributed by atoms with Gasteiger partial charge in [-0.2, -0.15) is 0 Å². The number of aromatic nitrogens is 1. The molecule has 1 unspecified atom stereocenters. The monoisotopic (exact) mass is 271 g/mol. The molecule has 20 heavy (non-hydrogen) atoms. The maximum Gasteiger partial charge on any atom is 0.0702 e. The zero-order valence-electron chi connectivity index (χ0n) is 13.0. The Hall–Kier alpha value is -1.45. The highest BCUT2D eigenvalue weighted by Gasteiger charge is 2.12. The molecule has 2 rings (SSSR count). The lowest BCUT2D eigenvalue weighted by atomic mass is 10.1. The Morgan fingerprint density at radius 1 is 1.15 bits per heavy atom. The summed E-state index contributed by atoms with van der Waals surface area (Å²) in [4.78, 5) is 9.28. The van der Waals surface area contributed by atoms with Crippen LogP contribution < -0.4 is 0 Å². The van der Waals surface area contributed by atoms with Crippen LogP contribution in [-0.4, -0.2) is 48.5 Å². The highest BCUT2D eigenvalue weighted by atomic mass is 15.2. The molecule has 3 heteroatoms. The molecule has 2 aromatic rings. The molecule has 0 aliphatic carbocycles. The second-order valence-corrected chi connectivity index (χ2v) is 5.51. The van der Waals surface area contributed by atoms with Gasteiger partial charge < -0.3 is 4.90 Å². The minimum Gasteiger partial charge on any atom is -0.305 e. The van der Waals surface area contributed by atoms with Gasteiger partial charge in [-0.1, -0.05) is 25.1 Å². The Balaban J connectivity index is 2.08. The smallest absolute Gasteiger partial charge is 0.0702 e. The van der Waals surface area contributed by atoms with Crippen molar-refractivity contribution in [2.45, 2.75) is 19.9 Å². The van der Waals surface area contributed by atoms with Crippen LogP contribution in [0.2, 0.25) is 0 Å². The number of nitrogens with zero attached hydrogens (tertiary/aromatic N) is 3. The predicted molar refractivity (Wildman–Crippen MR) is 86.0 cm³/mol. The molecule has 0 spiro atoms. The largest absolute Gasteiger partial charge is 0.305 e. The van der Waals surface area contributed by atoms with Crippen molar-refractivity contribution in [1.82, 2.24) is 14.8 Å². The van der Waals surface area contributed by atoms with Gasteiger partial charge in [0.2, 0.25) is 0 Å². The Kier molecular flexibility index (Phi) is 5.10. The summed E-state index contributed by atoms with van der Waals surface area (Å²) >= 11 is 0. The molecule has 0 aliphatic rings. The summed E-state index contributed by atoms with van der Waals surface area (Å²) < 4.78 is 0. The molecule has 0 saturated carbocycles. The summed E-state index contributed by atoms with van der Waals surface area (Å²) in [6.07, 6.45) is 2.01. The van der Waals surface area contributed by atoms with E-state index in [1.807, 2.05) is 12.3 Å². The topological polar surface area (TPSA) is 19.4 Å². The molecule has 1 atom stereocenters. The van der Waals surface area contributed by atoms with E-state index >= 15 is 0 Å². The Labute approximate surface area is 122 Å². The van der Waals surface area contributed by atoms with Crippen LogP contribution in [0.1, 0.15) is 25.5 Å². The quantitative estimate of drug-likeness (QED) is 0.804. The molecule has 3 nitrogen and oxygen atoms in total. The van der Waals surface area contributed by atoms with Crippen molar-refractivity contribution in [2.75, 3.05) is 33.7 Å². The van der Waals surface area contributed by atoms with Crippen molar-refractivity contribution in [3.05, 3.63) is 42.1 Å². The van der Waals surface area contributed by atoms with E-state index in [2.05, 4.69) is 67.0 Å². The number of hydrogen-bond acceptors (Lipinski definition) is 3. The highest BCUT2D eigenvalue weighted by Crippen LogP contribution is 2.21. The standard InChI is InChI=1S/C17H25N3/c1-5-19(3)10-11-20(4)14(2)16-12-15-8-6-7-9-17(15)18-13-16/h6-9,12-14H,5,10-11H2,1-4H3. The van der Waals surface area contributed by atoms with Crippen molar-refractivity contribution >= 4 is 10.9 Å². The second kappa shape index (κ2) is 6.82. The van der Waals surface area contributed by atoms with Gasteiger partial charge in [-0.25, -0.2) is 0 Å². The molecule has 0 saturated heterocycles. The molecule has 0 radical (unpaired) electrons. The summed E-state index contributed by atoms with van der Waals surface area (Å²) in [6.45, 7) is 7.70. The van der Waals surface area contributed by atoms with E-state index in [0.29, 0.717) is 6.04 Å². The van der Waals surface area contributed by atoms with E-state index in [9.17, 15) is 0 Å². The summed E-state index contributed by atoms with van der Waals surface area (Å²) in [5.74, 6) is 0. The SMILES string of the molecule is CCN(C)CCN(C)C(C)c1cnc2ccccc2c1. The normalized spacial score (nSPS) is 13.3. The van der Waals surface area contributed by atoms with Crippen LogP contribution in [-0.2, 0) is 0 Å². The van der Waals surface area contributed by atoms with E-state index in [1.165, 1.54) is 10.9 Å². The lowest BCUT2D eigenvalue weighted by Crippen LogP contribution is -2.32. The summed E-state index contributed by atoms with van der Waals surface area (Å²) in [5, 5.41) is 1.22. The van der Waals surface area contributed by atoms with Crippen LogP contribution in [0.15, 0.2) is 36.5 Å². The zero-order chi connectivity index (χ0) is 14.5. The van der Waals surface area contributed by atoms with E-state index in [-0.39, 0.29) is 0 Å². The summed E-state index contributed by atoms with van der Waals surface area (Å²) in [7, 11) is 4.35. The van der Waals surface area contributed by atoms with Gasteiger partial charge in [-0.3, -0.25) is 9.88 Å². The first kappa shape index (κ1) is 14.9. The molecule has 108 valence electrons. The second-order valence-electron chi connectivity index (χ2n) is 5.51. The third-order valence-corrected chi connectivity index (χ3v) is 4.13. The molecule has 0 fully saturated rings. The van der Waals surface area contributed by atoms with E-state index in [4.69, 9.17) is 0 Å². The Morgan fingerprint density at radius 3 is 2.65 bits per heavy atom. The molecular weight excluding hydrogens is 246 g/mol. The van der Waals surface area contributed by atoms with Crippen LogP contribution in [0.25, 0.3) is 10.9 Å². The lowest BCUT2D eigenvalue weighted by molar-refractivity contribution is 0.220. The van der Waals surface area contributed by atoms with Crippen molar-refractivity contribution in [3.8, 4) is 0 Å². The fourth-order valence-corrected chi connectivity index (χ4v) is 2.25. The summed E-state index contributed by atoms with van der Waals surface area (Å²) in [5.41, 5.74) is 2.35. The Bertz CT molecular complexity index is 553. The van der Waals surface area contributed by atoms with Crippen LogP contribution in [0, 0.1) is 0 Å². The minimum atomic E-state index is 0.386. The molecule has 0 amide bonds. The maximum atomic E-state index is 4.56. The van der Waals surface area contributed by atoms with Crippen molar-refractivity contribution in [1.29, 1.82) is 0 Å². The van der Waals surface area contributed by atoms with Crippen LogP contribution in [0.3, 0.4) is 0 Å². The number of pyridine rings is 1. The Morgan fingerprint density at radius 2 is 1.90 bits per heavy atom. The van der Waals surface area contributed by atoms with E-state index in [0.717, 1.165) is 25.2 Å². The van der Waals surface area contributed by atoms with Crippen LogP contribution in [0.5, 0.6) is 0 Å². The first-order valence-corrected chi connectivity index (χ1v) is 7.35. The average Bonchev–Trinajstić information content (AvgIpc) is 2.50. The molecule has 1 aromatic heterocycles. The van der Waals surface area contributed by atoms with Gasteiger partial charge in [0.05, 0.1) is 5.52 Å². The molecule has 0 N–H and O–H groups in total. The van der Waals surface area contributed by atoms with Crippen molar-refractivity contribution < 1.29 is 0 Å². The molecule has 0 bridgehead atoms. The predicted octanol–water partition coefficient (Wildman–Crippen LogP) is 3.18. The number of hydrogen-bond donors (Lipinski definition) is 0. The highest BCUT2D eigenvalue weighted by molar-refractivity contribution is 5.78. The van der Waals surface area contributed by atoms with Gasteiger partial charge in [-0.15, -0.1) is 0 Å².